The van der Waals surface area contributed by atoms with Crippen LogP contribution < -0.4 is 0 Å². The molecule has 2 nitrogen and oxygen atoms in total. The summed E-state index contributed by atoms with van der Waals surface area (Å²) in [5.41, 5.74) is 1.11. The molecule has 2 aromatic rings. The summed E-state index contributed by atoms with van der Waals surface area (Å²) in [5.74, 6) is 0. The van der Waals surface area contributed by atoms with Gasteiger partial charge in [0, 0.05) is 32.2 Å². The van der Waals surface area contributed by atoms with Crippen LogP contribution in [0.4, 0.5) is 0 Å². The van der Waals surface area contributed by atoms with E-state index in [2.05, 4.69) is 9.82 Å². The Morgan fingerprint density at radius 3 is 0.973 bits per heavy atom. The zero-order valence-corrected chi connectivity index (χ0v) is 29.0. The van der Waals surface area contributed by atoms with Crippen molar-refractivity contribution in [2.24, 2.45) is 0 Å². The van der Waals surface area contributed by atoms with Gasteiger partial charge >= 0.3 is 27.8 Å². The molecule has 11 heteroatoms. The number of hydrogen-bond donors (Lipinski definition) is 0. The van der Waals surface area contributed by atoms with Crippen LogP contribution in [-0.4, -0.2) is 10.2 Å². The van der Waals surface area contributed by atoms with E-state index in [0.717, 1.165) is 23.5 Å². The van der Waals surface area contributed by atoms with E-state index in [1.165, 1.54) is 18.0 Å². The van der Waals surface area contributed by atoms with E-state index < -0.39 is 0 Å². The number of thioether (sulfide) groups is 2. The summed E-state index contributed by atoms with van der Waals surface area (Å²) in [6, 6.07) is 17.6. The summed E-state index contributed by atoms with van der Waals surface area (Å²) in [5, 5.41) is -0.360. The predicted octanol–water partition coefficient (Wildman–Crippen LogP) is 6.50. The van der Waals surface area contributed by atoms with E-state index >= 15 is 0 Å². The van der Waals surface area contributed by atoms with Crippen molar-refractivity contribution in [1.29, 1.82) is 0 Å². The number of rotatable bonds is 4. The summed E-state index contributed by atoms with van der Waals surface area (Å²) in [6.07, 6.45) is 20.0. The van der Waals surface area contributed by atoms with Crippen LogP contribution in [0.3, 0.4) is 0 Å². The van der Waals surface area contributed by atoms with Gasteiger partial charge < -0.3 is 52.2 Å². The quantitative estimate of drug-likeness (QED) is 0.196. The van der Waals surface area contributed by atoms with Crippen LogP contribution in [0.1, 0.15) is 20.7 Å². The molecular weight excluding hydrogens is 761 g/mol. The summed E-state index contributed by atoms with van der Waals surface area (Å²) < 4.78 is 0.497. The molecule has 0 aliphatic heterocycles. The fraction of sp³-hybridized carbons (Fsp3) is 0. The van der Waals surface area contributed by atoms with E-state index in [-0.39, 0.29) is 66.8 Å². The van der Waals surface area contributed by atoms with Crippen LogP contribution in [0.15, 0.2) is 69.1 Å². The Morgan fingerprint density at radius 1 is 0.541 bits per heavy atom. The van der Waals surface area contributed by atoms with Crippen molar-refractivity contribution >= 4 is 95.8 Å². The maximum atomic E-state index is 12.0. The molecule has 2 fully saturated rings. The summed E-state index contributed by atoms with van der Waals surface area (Å²) in [4.78, 5) is 24.1. The van der Waals surface area contributed by atoms with Gasteiger partial charge in [0.25, 0.3) is 0 Å². The summed E-state index contributed by atoms with van der Waals surface area (Å²) in [6.45, 7) is 0. The predicted molar refractivity (Wildman–Crippen MR) is 167 cm³/mol. The Morgan fingerprint density at radius 2 is 0.757 bits per heavy atom. The fourth-order valence-corrected chi connectivity index (χ4v) is 4.12. The van der Waals surface area contributed by atoms with Gasteiger partial charge in [-0.05, 0) is 64.2 Å². The first kappa shape index (κ1) is 42.4. The second-order valence-electron chi connectivity index (χ2n) is 6.01. The average Bonchev–Trinajstić information content (AvgIpc) is 3.66. The van der Waals surface area contributed by atoms with Gasteiger partial charge in [0.2, 0.25) is 10.2 Å². The normalized spacial score (nSPS) is 13.5. The Balaban J connectivity index is -0.000000637. The second-order valence-corrected chi connectivity index (χ2v) is 9.31. The summed E-state index contributed by atoms with van der Waals surface area (Å²) in [7, 11) is 4.09. The van der Waals surface area contributed by atoms with Crippen molar-refractivity contribution in [3.8, 4) is 0 Å². The molecule has 0 aromatic heterocycles. The molecule has 37 heavy (non-hydrogen) atoms. The number of carbonyl (C=O) groups is 2. The molecule has 0 spiro atoms. The van der Waals surface area contributed by atoms with Crippen molar-refractivity contribution in [3.05, 3.63) is 144 Å². The van der Waals surface area contributed by atoms with Crippen LogP contribution in [0.2, 0.25) is 0 Å². The van der Waals surface area contributed by atoms with E-state index in [1.54, 1.807) is 48.5 Å². The Bertz CT molecular complexity index is 790. The van der Waals surface area contributed by atoms with Crippen LogP contribution in [0.25, 0.3) is 0 Å². The molecule has 2 saturated carbocycles. The SMILES string of the molecule is O=C(S/C([S-])=C(/[S-])SC(=O)c1ccccc1)c1ccccc1.[CH]1[CH][CH][CH][CH]1.[CH]1[CH][CH][CH][CH]1.[Mo].[SH-].[SH-].[S]=[Mo]. The molecule has 10 radical (unpaired) electrons. The topological polar surface area (TPSA) is 34.1 Å². The zero-order valence-electron chi connectivity index (χ0n) is 19.1. The Kier molecular flexibility index (Phi) is 32.7. The first-order valence-corrected chi connectivity index (χ1v) is 14.9. The fourth-order valence-electron chi connectivity index (χ4n) is 2.16. The van der Waals surface area contributed by atoms with Crippen molar-refractivity contribution in [3.63, 3.8) is 0 Å². The van der Waals surface area contributed by atoms with Crippen LogP contribution in [0.5, 0.6) is 0 Å². The van der Waals surface area contributed by atoms with E-state index in [1.807, 2.05) is 76.3 Å². The molecule has 2 aliphatic rings. The Labute approximate surface area is 285 Å². The molecular formula is C26H22Mo2O2S7-4. The number of hydrogen-bond acceptors (Lipinski definition) is 9. The standard InChI is InChI=1S/C16H12O2S4.2C5H5.2Mo.2H2S.S/c17-13(11-7-3-1-4-8-11)21-15(19)16(20)22-14(18)12-9-5-2-6-10-12;2*1-2-4-5-3-1;;;;;/h1-10,19-20H;2*1-5H;;;2*1H2;/p-4/b16-15-;;;;;;;. The van der Waals surface area contributed by atoms with E-state index in [4.69, 9.17) is 25.3 Å². The first-order valence-electron chi connectivity index (χ1n) is 9.70. The zero-order chi connectivity index (χ0) is 25.0. The van der Waals surface area contributed by atoms with Gasteiger partial charge in [0.15, 0.2) is 0 Å². The molecule has 0 unspecified atom stereocenters. The molecule has 0 heterocycles. The van der Waals surface area contributed by atoms with Crippen LogP contribution in [-0.2, 0) is 91.3 Å². The average molecular weight is 783 g/mol. The van der Waals surface area contributed by atoms with Gasteiger partial charge in [0.05, 0.1) is 0 Å². The van der Waals surface area contributed by atoms with Gasteiger partial charge in [-0.3, -0.25) is 9.59 Å². The minimum atomic E-state index is -0.180. The molecule has 0 atom stereocenters. The molecule has 0 N–H and O–H groups in total. The van der Waals surface area contributed by atoms with Gasteiger partial charge in [0.1, 0.15) is 0 Å². The van der Waals surface area contributed by atoms with Crippen molar-refractivity contribution < 1.29 is 48.6 Å². The Hall–Kier alpha value is 0.957. The third-order valence-corrected chi connectivity index (χ3v) is 6.71. The maximum absolute atomic E-state index is 12.0. The molecule has 0 saturated heterocycles. The number of carbonyl (C=O) groups excluding carboxylic acids is 2. The first-order chi connectivity index (χ1) is 16.6. The van der Waals surface area contributed by atoms with Gasteiger partial charge in [-0.15, -0.1) is 8.47 Å². The summed E-state index contributed by atoms with van der Waals surface area (Å²) >= 11 is 13.6. The molecule has 0 bridgehead atoms. The van der Waals surface area contributed by atoms with Gasteiger partial charge in [-0.2, -0.15) is 0 Å². The van der Waals surface area contributed by atoms with Gasteiger partial charge in [-0.25, -0.2) is 0 Å². The monoisotopic (exact) mass is 786 g/mol. The number of benzene rings is 2. The second kappa shape index (κ2) is 28.5. The molecule has 0 amide bonds. The van der Waals surface area contributed by atoms with Crippen LogP contribution in [0, 0.1) is 64.2 Å². The van der Waals surface area contributed by atoms with E-state index in [0.29, 0.717) is 11.1 Å². The van der Waals surface area contributed by atoms with Crippen molar-refractivity contribution in [1.82, 2.24) is 0 Å². The van der Waals surface area contributed by atoms with Crippen molar-refractivity contribution in [2.75, 3.05) is 0 Å². The van der Waals surface area contributed by atoms with Crippen LogP contribution >= 0.6 is 33.3 Å². The minimum absolute atomic E-state index is 0. The number of thiol groups is 2. The van der Waals surface area contributed by atoms with E-state index in [9.17, 15) is 9.59 Å². The van der Waals surface area contributed by atoms with Crippen molar-refractivity contribution in [2.45, 2.75) is 0 Å². The van der Waals surface area contributed by atoms with Gasteiger partial charge in [-0.1, -0.05) is 84.2 Å². The molecule has 4 rings (SSSR count). The molecule has 2 aromatic carbocycles. The third kappa shape index (κ3) is 20.5. The third-order valence-electron chi connectivity index (χ3n) is 3.67. The molecule has 196 valence electrons. The molecule has 2 aliphatic carbocycles.